The van der Waals surface area contributed by atoms with Crippen LogP contribution in [0.1, 0.15) is 104 Å². The molecular formula is C34H43NO4. The van der Waals surface area contributed by atoms with Crippen molar-refractivity contribution in [2.24, 2.45) is 0 Å². The Labute approximate surface area is 233 Å². The fourth-order valence-corrected chi connectivity index (χ4v) is 4.93. The van der Waals surface area contributed by atoms with Crippen LogP contribution in [0, 0.1) is 13.8 Å². The summed E-state index contributed by atoms with van der Waals surface area (Å²) in [6.45, 7) is 11.0. The van der Waals surface area contributed by atoms with E-state index < -0.39 is 5.97 Å². The third kappa shape index (κ3) is 8.71. The SMILES string of the molecule is CCCCCCC(Oc1cc(C)c(-c2ccc(C(C)C)cc2)c(C)c1)c1ccc(C(=O)NCCC(=O)O)cc1. The minimum atomic E-state index is -0.934. The smallest absolute Gasteiger partial charge is 0.305 e. The van der Waals surface area contributed by atoms with E-state index in [0.29, 0.717) is 11.5 Å². The van der Waals surface area contributed by atoms with E-state index >= 15 is 0 Å². The minimum Gasteiger partial charge on any atom is -0.486 e. The lowest BCUT2D eigenvalue weighted by molar-refractivity contribution is -0.136. The molecule has 1 amide bonds. The van der Waals surface area contributed by atoms with Gasteiger partial charge in [0.05, 0.1) is 6.42 Å². The number of aliphatic carboxylic acids is 1. The number of carboxylic acids is 1. The van der Waals surface area contributed by atoms with Crippen LogP contribution >= 0.6 is 0 Å². The van der Waals surface area contributed by atoms with E-state index in [0.717, 1.165) is 30.6 Å². The van der Waals surface area contributed by atoms with E-state index in [-0.39, 0.29) is 25.0 Å². The van der Waals surface area contributed by atoms with Gasteiger partial charge in [0.25, 0.3) is 5.91 Å². The van der Waals surface area contributed by atoms with Gasteiger partial charge in [0.2, 0.25) is 0 Å². The van der Waals surface area contributed by atoms with Crippen molar-refractivity contribution < 1.29 is 19.4 Å². The highest BCUT2D eigenvalue weighted by Crippen LogP contribution is 2.34. The number of carbonyl (C=O) groups is 2. The molecule has 39 heavy (non-hydrogen) atoms. The van der Waals surface area contributed by atoms with Crippen molar-refractivity contribution in [3.63, 3.8) is 0 Å². The van der Waals surface area contributed by atoms with E-state index in [1.54, 1.807) is 12.1 Å². The Kier molecular flexibility index (Phi) is 11.2. The van der Waals surface area contributed by atoms with E-state index in [2.05, 4.69) is 76.3 Å². The standard InChI is InChI=1S/C34H43NO4/c1-6-7-8-9-10-31(27-13-17-29(18-14-27)34(38)35-20-19-32(36)37)39-30-21-24(4)33(25(5)22-30)28-15-11-26(12-16-28)23(2)3/h11-18,21-23,31H,6-10,19-20H2,1-5H3,(H,35,38)(H,36,37). The van der Waals surface area contributed by atoms with Gasteiger partial charge >= 0.3 is 5.97 Å². The predicted octanol–water partition coefficient (Wildman–Crippen LogP) is 8.39. The molecule has 0 aliphatic rings. The Hall–Kier alpha value is -3.60. The van der Waals surface area contributed by atoms with Gasteiger partial charge in [-0.3, -0.25) is 9.59 Å². The van der Waals surface area contributed by atoms with Crippen LogP contribution in [0.2, 0.25) is 0 Å². The molecule has 0 aromatic heterocycles. The number of nitrogens with one attached hydrogen (secondary N) is 1. The highest BCUT2D eigenvalue weighted by Gasteiger charge is 2.17. The molecule has 3 rings (SSSR count). The summed E-state index contributed by atoms with van der Waals surface area (Å²) in [6.07, 6.45) is 5.26. The molecule has 1 atom stereocenters. The van der Waals surface area contributed by atoms with E-state index in [9.17, 15) is 9.59 Å². The molecule has 208 valence electrons. The highest BCUT2D eigenvalue weighted by molar-refractivity contribution is 5.94. The first kappa shape index (κ1) is 29.9. The van der Waals surface area contributed by atoms with Crippen LogP contribution in [-0.2, 0) is 4.79 Å². The van der Waals surface area contributed by atoms with Crippen LogP contribution in [0.15, 0.2) is 60.7 Å². The normalized spacial score (nSPS) is 11.8. The first-order chi connectivity index (χ1) is 18.7. The van der Waals surface area contributed by atoms with Crippen molar-refractivity contribution in [2.75, 3.05) is 6.54 Å². The van der Waals surface area contributed by atoms with Crippen LogP contribution in [-0.4, -0.2) is 23.5 Å². The molecule has 5 heteroatoms. The van der Waals surface area contributed by atoms with Gasteiger partial charge in [0.15, 0.2) is 0 Å². The summed E-state index contributed by atoms with van der Waals surface area (Å²) in [7, 11) is 0. The fraction of sp³-hybridized carbons (Fsp3) is 0.412. The van der Waals surface area contributed by atoms with E-state index in [1.165, 1.54) is 40.7 Å². The summed E-state index contributed by atoms with van der Waals surface area (Å²) in [5.41, 5.74) is 7.69. The second-order valence-corrected chi connectivity index (χ2v) is 10.7. The molecule has 3 aromatic carbocycles. The number of aryl methyl sites for hydroxylation is 2. The minimum absolute atomic E-state index is 0.0988. The topological polar surface area (TPSA) is 75.6 Å². The van der Waals surface area contributed by atoms with Crippen molar-refractivity contribution in [1.82, 2.24) is 5.32 Å². The van der Waals surface area contributed by atoms with Crippen LogP contribution in [0.5, 0.6) is 5.75 Å². The molecule has 1 unspecified atom stereocenters. The third-order valence-electron chi connectivity index (χ3n) is 7.14. The van der Waals surface area contributed by atoms with Crippen molar-refractivity contribution in [3.05, 3.63) is 88.5 Å². The summed E-state index contributed by atoms with van der Waals surface area (Å²) in [4.78, 5) is 23.1. The summed E-state index contributed by atoms with van der Waals surface area (Å²) in [5, 5.41) is 11.4. The zero-order chi connectivity index (χ0) is 28.4. The van der Waals surface area contributed by atoms with E-state index in [4.69, 9.17) is 9.84 Å². The van der Waals surface area contributed by atoms with Gasteiger partial charge in [0, 0.05) is 12.1 Å². The van der Waals surface area contributed by atoms with E-state index in [1.807, 2.05) is 12.1 Å². The van der Waals surface area contributed by atoms with Gasteiger partial charge in [-0.2, -0.15) is 0 Å². The molecule has 5 nitrogen and oxygen atoms in total. The van der Waals surface area contributed by atoms with Gasteiger partial charge in [-0.25, -0.2) is 0 Å². The molecule has 0 saturated carbocycles. The van der Waals surface area contributed by atoms with Gasteiger partial charge in [-0.15, -0.1) is 0 Å². The van der Waals surface area contributed by atoms with Gasteiger partial charge in [0.1, 0.15) is 11.9 Å². The molecule has 3 aromatic rings. The van der Waals surface area contributed by atoms with Crippen molar-refractivity contribution in [2.45, 2.75) is 85.2 Å². The first-order valence-corrected chi connectivity index (χ1v) is 14.2. The molecule has 0 spiro atoms. The quantitative estimate of drug-likeness (QED) is 0.206. The molecule has 0 aliphatic carbocycles. The number of carbonyl (C=O) groups excluding carboxylic acids is 1. The summed E-state index contributed by atoms with van der Waals surface area (Å²) >= 11 is 0. The molecule has 0 radical (unpaired) electrons. The zero-order valence-electron chi connectivity index (χ0n) is 24.0. The number of carboxylic acid groups (broad SMARTS) is 1. The Bertz CT molecular complexity index is 1210. The summed E-state index contributed by atoms with van der Waals surface area (Å²) in [5.74, 6) is 0.151. The lowest BCUT2D eigenvalue weighted by Gasteiger charge is -2.22. The number of amides is 1. The fourth-order valence-electron chi connectivity index (χ4n) is 4.93. The third-order valence-corrected chi connectivity index (χ3v) is 7.14. The molecule has 2 N–H and O–H groups in total. The summed E-state index contributed by atoms with van der Waals surface area (Å²) in [6, 6.07) is 20.6. The molecule has 0 heterocycles. The lowest BCUT2D eigenvalue weighted by atomic mass is 9.93. The van der Waals surface area contributed by atoms with Crippen LogP contribution < -0.4 is 10.1 Å². The predicted molar refractivity (Wildman–Crippen MR) is 159 cm³/mol. The Balaban J connectivity index is 1.79. The number of benzene rings is 3. The maximum Gasteiger partial charge on any atom is 0.305 e. The molecule has 0 aliphatic heterocycles. The van der Waals surface area contributed by atoms with Crippen LogP contribution in [0.4, 0.5) is 0 Å². The number of ether oxygens (including phenoxy) is 1. The van der Waals surface area contributed by atoms with Crippen molar-refractivity contribution >= 4 is 11.9 Å². The number of rotatable bonds is 14. The Morgan fingerprint density at radius 3 is 2.05 bits per heavy atom. The zero-order valence-corrected chi connectivity index (χ0v) is 24.0. The van der Waals surface area contributed by atoms with Gasteiger partial charge in [-0.05, 0) is 90.3 Å². The molecule has 0 saturated heterocycles. The van der Waals surface area contributed by atoms with Crippen molar-refractivity contribution in [1.29, 1.82) is 0 Å². The molecule has 0 bridgehead atoms. The second-order valence-electron chi connectivity index (χ2n) is 10.7. The maximum atomic E-state index is 12.4. The number of hydrogen-bond acceptors (Lipinski definition) is 3. The summed E-state index contributed by atoms with van der Waals surface area (Å²) < 4.78 is 6.61. The van der Waals surface area contributed by atoms with Crippen LogP contribution in [0.25, 0.3) is 11.1 Å². The maximum absolute atomic E-state index is 12.4. The monoisotopic (exact) mass is 529 g/mol. The average molecular weight is 530 g/mol. The second kappa shape index (κ2) is 14.5. The highest BCUT2D eigenvalue weighted by atomic mass is 16.5. The Morgan fingerprint density at radius 2 is 1.49 bits per heavy atom. The Morgan fingerprint density at radius 1 is 0.872 bits per heavy atom. The van der Waals surface area contributed by atoms with Crippen LogP contribution in [0.3, 0.4) is 0 Å². The molecule has 0 fully saturated rings. The van der Waals surface area contributed by atoms with Crippen molar-refractivity contribution in [3.8, 4) is 16.9 Å². The number of unbranched alkanes of at least 4 members (excludes halogenated alkanes) is 3. The first-order valence-electron chi connectivity index (χ1n) is 14.2. The largest absolute Gasteiger partial charge is 0.486 e. The van der Waals surface area contributed by atoms with Gasteiger partial charge < -0.3 is 15.2 Å². The lowest BCUT2D eigenvalue weighted by Crippen LogP contribution is -2.26. The molecular weight excluding hydrogens is 486 g/mol. The number of hydrogen-bond donors (Lipinski definition) is 2. The average Bonchev–Trinajstić information content (AvgIpc) is 2.90. The van der Waals surface area contributed by atoms with Gasteiger partial charge in [-0.1, -0.05) is 76.4 Å².